The van der Waals surface area contributed by atoms with Crippen LogP contribution in [0.1, 0.15) is 32.3 Å². The van der Waals surface area contributed by atoms with Crippen LogP contribution in [-0.4, -0.2) is 18.6 Å². The summed E-state index contributed by atoms with van der Waals surface area (Å²) in [6.07, 6.45) is 2.10. The van der Waals surface area contributed by atoms with E-state index in [2.05, 4.69) is 21.2 Å². The van der Waals surface area contributed by atoms with E-state index in [1.165, 1.54) is 12.1 Å². The van der Waals surface area contributed by atoms with Gasteiger partial charge in [-0.25, -0.2) is 9.18 Å². The maximum atomic E-state index is 13.2. The molecule has 1 saturated carbocycles. The SMILES string of the molecule is CCOC(=O)C(C)(NC1CC1)c1ccc(F)cc1Br. The van der Waals surface area contributed by atoms with E-state index in [1.807, 2.05) is 0 Å². The Balaban J connectivity index is 2.37. The minimum Gasteiger partial charge on any atom is -0.464 e. The molecule has 0 bridgehead atoms. The number of rotatable bonds is 5. The quantitative estimate of drug-likeness (QED) is 0.843. The van der Waals surface area contributed by atoms with Crippen LogP contribution in [0.4, 0.5) is 4.39 Å². The Kier molecular flexibility index (Phi) is 4.26. The van der Waals surface area contributed by atoms with Gasteiger partial charge in [0, 0.05) is 10.5 Å². The van der Waals surface area contributed by atoms with Crippen LogP contribution in [0.2, 0.25) is 0 Å². The Morgan fingerprint density at radius 2 is 2.26 bits per heavy atom. The number of hydrogen-bond acceptors (Lipinski definition) is 3. The van der Waals surface area contributed by atoms with Crippen LogP contribution < -0.4 is 5.32 Å². The van der Waals surface area contributed by atoms with Crippen LogP contribution in [0.15, 0.2) is 22.7 Å². The van der Waals surface area contributed by atoms with E-state index in [-0.39, 0.29) is 11.8 Å². The average Bonchev–Trinajstić information content (AvgIpc) is 3.12. The molecule has 1 atom stereocenters. The standard InChI is InChI=1S/C14H17BrFNO2/c1-3-19-13(18)14(2,17-10-5-6-10)11-7-4-9(16)8-12(11)15/h4,7-8,10,17H,3,5-6H2,1-2H3. The van der Waals surface area contributed by atoms with E-state index in [4.69, 9.17) is 4.74 Å². The minimum absolute atomic E-state index is 0.319. The van der Waals surface area contributed by atoms with Gasteiger partial charge in [-0.2, -0.15) is 0 Å². The molecule has 1 aliphatic carbocycles. The Labute approximate surface area is 120 Å². The van der Waals surface area contributed by atoms with Crippen LogP contribution in [0.3, 0.4) is 0 Å². The molecule has 0 aromatic heterocycles. The van der Waals surface area contributed by atoms with Crippen molar-refractivity contribution >= 4 is 21.9 Å². The highest BCUT2D eigenvalue weighted by Crippen LogP contribution is 2.34. The lowest BCUT2D eigenvalue weighted by Crippen LogP contribution is -2.49. The van der Waals surface area contributed by atoms with Gasteiger partial charge in [0.25, 0.3) is 0 Å². The fraction of sp³-hybridized carbons (Fsp3) is 0.500. The molecule has 0 aliphatic heterocycles. The first-order valence-corrected chi connectivity index (χ1v) is 7.17. The maximum Gasteiger partial charge on any atom is 0.330 e. The molecule has 2 rings (SSSR count). The van der Waals surface area contributed by atoms with Crippen molar-refractivity contribution in [1.82, 2.24) is 5.32 Å². The number of esters is 1. The van der Waals surface area contributed by atoms with E-state index >= 15 is 0 Å². The molecule has 1 unspecified atom stereocenters. The summed E-state index contributed by atoms with van der Waals surface area (Å²) < 4.78 is 18.9. The third-order valence-corrected chi connectivity index (χ3v) is 3.88. The van der Waals surface area contributed by atoms with Gasteiger partial charge in [0.1, 0.15) is 11.4 Å². The molecule has 0 spiro atoms. The fourth-order valence-electron chi connectivity index (χ4n) is 2.05. The van der Waals surface area contributed by atoms with Crippen molar-refractivity contribution in [2.45, 2.75) is 38.3 Å². The lowest BCUT2D eigenvalue weighted by molar-refractivity contribution is -0.151. The Bertz CT molecular complexity index is 490. The molecule has 1 aromatic carbocycles. The zero-order chi connectivity index (χ0) is 14.0. The average molecular weight is 330 g/mol. The number of ether oxygens (including phenoxy) is 1. The third-order valence-electron chi connectivity index (χ3n) is 3.22. The van der Waals surface area contributed by atoms with Gasteiger partial charge in [-0.05, 0) is 44.4 Å². The number of carbonyl (C=O) groups excluding carboxylic acids is 1. The van der Waals surface area contributed by atoms with Crippen LogP contribution >= 0.6 is 15.9 Å². The van der Waals surface area contributed by atoms with E-state index in [9.17, 15) is 9.18 Å². The highest BCUT2D eigenvalue weighted by Gasteiger charge is 2.42. The van der Waals surface area contributed by atoms with Gasteiger partial charge in [0.05, 0.1) is 6.61 Å². The molecule has 0 radical (unpaired) electrons. The topological polar surface area (TPSA) is 38.3 Å². The van der Waals surface area contributed by atoms with Gasteiger partial charge in [-0.3, -0.25) is 5.32 Å². The largest absolute Gasteiger partial charge is 0.464 e. The fourth-order valence-corrected chi connectivity index (χ4v) is 2.80. The van der Waals surface area contributed by atoms with Crippen LogP contribution in [-0.2, 0) is 15.1 Å². The number of carbonyl (C=O) groups is 1. The predicted molar refractivity (Wildman–Crippen MR) is 74.2 cm³/mol. The Morgan fingerprint density at radius 1 is 1.58 bits per heavy atom. The summed E-state index contributed by atoms with van der Waals surface area (Å²) in [5.74, 6) is -0.678. The molecule has 3 nitrogen and oxygen atoms in total. The second-order valence-corrected chi connectivity index (χ2v) is 5.74. The first kappa shape index (κ1) is 14.5. The maximum absolute atomic E-state index is 13.2. The lowest BCUT2D eigenvalue weighted by Gasteiger charge is -2.30. The molecule has 0 heterocycles. The summed E-state index contributed by atoms with van der Waals surface area (Å²) >= 11 is 3.32. The zero-order valence-corrected chi connectivity index (χ0v) is 12.6. The molecule has 1 N–H and O–H groups in total. The smallest absolute Gasteiger partial charge is 0.330 e. The van der Waals surface area contributed by atoms with Gasteiger partial charge in [0.15, 0.2) is 0 Å². The summed E-state index contributed by atoms with van der Waals surface area (Å²) in [6.45, 7) is 3.87. The molecule has 5 heteroatoms. The van der Waals surface area contributed by atoms with Gasteiger partial charge >= 0.3 is 5.97 Å². The lowest BCUT2D eigenvalue weighted by atomic mass is 9.91. The van der Waals surface area contributed by atoms with Crippen molar-refractivity contribution in [2.75, 3.05) is 6.61 Å². The van der Waals surface area contributed by atoms with Gasteiger partial charge in [-0.1, -0.05) is 22.0 Å². The van der Waals surface area contributed by atoms with Crippen LogP contribution in [0, 0.1) is 5.82 Å². The number of halogens is 2. The molecule has 1 aliphatic rings. The van der Waals surface area contributed by atoms with Crippen molar-refractivity contribution in [3.63, 3.8) is 0 Å². The van der Waals surface area contributed by atoms with E-state index in [1.54, 1.807) is 19.9 Å². The van der Waals surface area contributed by atoms with Gasteiger partial charge in [0.2, 0.25) is 0 Å². The molecule has 1 aromatic rings. The van der Waals surface area contributed by atoms with Gasteiger partial charge in [-0.15, -0.1) is 0 Å². The van der Waals surface area contributed by atoms with E-state index in [0.717, 1.165) is 12.8 Å². The van der Waals surface area contributed by atoms with Crippen LogP contribution in [0.25, 0.3) is 0 Å². The highest BCUT2D eigenvalue weighted by atomic mass is 79.9. The van der Waals surface area contributed by atoms with Crippen molar-refractivity contribution in [2.24, 2.45) is 0 Å². The summed E-state index contributed by atoms with van der Waals surface area (Å²) in [5.41, 5.74) is -0.261. The van der Waals surface area contributed by atoms with Crippen molar-refractivity contribution in [3.8, 4) is 0 Å². The third kappa shape index (κ3) is 3.15. The van der Waals surface area contributed by atoms with Crippen molar-refractivity contribution < 1.29 is 13.9 Å². The van der Waals surface area contributed by atoms with E-state index in [0.29, 0.717) is 22.7 Å². The molecular weight excluding hydrogens is 313 g/mol. The first-order chi connectivity index (χ1) is 8.97. The monoisotopic (exact) mass is 329 g/mol. The molecule has 0 saturated heterocycles. The van der Waals surface area contributed by atoms with Crippen molar-refractivity contribution in [3.05, 3.63) is 34.1 Å². The normalized spacial score (nSPS) is 17.9. The zero-order valence-electron chi connectivity index (χ0n) is 11.0. The number of hydrogen-bond donors (Lipinski definition) is 1. The summed E-state index contributed by atoms with van der Waals surface area (Å²) in [4.78, 5) is 12.3. The Morgan fingerprint density at radius 3 is 2.79 bits per heavy atom. The predicted octanol–water partition coefficient (Wildman–Crippen LogP) is 3.12. The minimum atomic E-state index is -0.955. The first-order valence-electron chi connectivity index (χ1n) is 6.38. The summed E-state index contributed by atoms with van der Waals surface area (Å²) in [5, 5.41) is 3.30. The Hall–Kier alpha value is -0.940. The molecule has 104 valence electrons. The molecule has 19 heavy (non-hydrogen) atoms. The van der Waals surface area contributed by atoms with E-state index < -0.39 is 5.54 Å². The van der Waals surface area contributed by atoms with Crippen molar-refractivity contribution in [1.29, 1.82) is 0 Å². The summed E-state index contributed by atoms with van der Waals surface area (Å²) in [6, 6.07) is 4.66. The number of benzene rings is 1. The molecule has 1 fully saturated rings. The number of nitrogens with one attached hydrogen (secondary N) is 1. The molecule has 0 amide bonds. The second kappa shape index (κ2) is 5.59. The van der Waals surface area contributed by atoms with Gasteiger partial charge < -0.3 is 4.74 Å². The van der Waals surface area contributed by atoms with Crippen LogP contribution in [0.5, 0.6) is 0 Å². The molecular formula is C14H17BrFNO2. The highest BCUT2D eigenvalue weighted by molar-refractivity contribution is 9.10. The second-order valence-electron chi connectivity index (χ2n) is 4.89. The summed E-state index contributed by atoms with van der Waals surface area (Å²) in [7, 11) is 0.